The first-order chi connectivity index (χ1) is 15.9. The summed E-state index contributed by atoms with van der Waals surface area (Å²) in [6.07, 6.45) is 5.36. The maximum atomic E-state index is 13.3. The molecule has 3 aromatic rings. The molecule has 2 heterocycles. The molecule has 4 rings (SSSR count). The van der Waals surface area contributed by atoms with E-state index < -0.39 is 11.9 Å². The predicted octanol–water partition coefficient (Wildman–Crippen LogP) is 3.36. The number of H-pyrrole nitrogens is 1. The van der Waals surface area contributed by atoms with E-state index >= 15 is 0 Å². The van der Waals surface area contributed by atoms with Crippen molar-refractivity contribution in [3.63, 3.8) is 0 Å². The van der Waals surface area contributed by atoms with Gasteiger partial charge in [-0.05, 0) is 42.7 Å². The summed E-state index contributed by atoms with van der Waals surface area (Å²) >= 11 is 5.93. The van der Waals surface area contributed by atoms with Gasteiger partial charge in [-0.2, -0.15) is 0 Å². The normalized spacial score (nSPS) is 19.2. The van der Waals surface area contributed by atoms with Crippen molar-refractivity contribution >= 4 is 34.3 Å². The zero-order valence-corrected chi connectivity index (χ0v) is 18.7. The molecule has 0 bridgehead atoms. The summed E-state index contributed by atoms with van der Waals surface area (Å²) < 4.78 is 13.3. The number of nitrogens with one attached hydrogen (secondary N) is 3. The number of aromatic nitrogens is 2. The Morgan fingerprint density at radius 1 is 1.21 bits per heavy atom. The number of pyridine rings is 1. The monoisotopic (exact) mass is 472 g/mol. The first-order valence-electron chi connectivity index (χ1n) is 11.0. The van der Waals surface area contributed by atoms with E-state index in [1.54, 1.807) is 24.3 Å². The molecule has 174 valence electrons. The Labute approximate surface area is 195 Å². The van der Waals surface area contributed by atoms with Crippen LogP contribution in [-0.2, 0) is 11.2 Å². The molecule has 1 aromatic carbocycles. The van der Waals surface area contributed by atoms with Crippen LogP contribution in [0, 0.1) is 11.7 Å². The number of nitrogens with zero attached hydrogens (tertiary/aromatic N) is 1. The topological polar surface area (TPSA) is 107 Å². The van der Waals surface area contributed by atoms with Crippen molar-refractivity contribution in [3.8, 4) is 0 Å². The molecule has 0 unspecified atom stereocenters. The highest BCUT2D eigenvalue weighted by molar-refractivity contribution is 6.30. The van der Waals surface area contributed by atoms with Crippen molar-refractivity contribution in [2.45, 2.75) is 44.2 Å². The minimum atomic E-state index is -0.877. The van der Waals surface area contributed by atoms with Gasteiger partial charge in [0.05, 0.1) is 11.7 Å². The fourth-order valence-corrected chi connectivity index (χ4v) is 4.49. The lowest BCUT2D eigenvalue weighted by Crippen LogP contribution is -2.53. The van der Waals surface area contributed by atoms with Gasteiger partial charge in [0, 0.05) is 30.4 Å². The van der Waals surface area contributed by atoms with Crippen LogP contribution < -0.4 is 10.6 Å². The molecule has 9 heteroatoms. The maximum absolute atomic E-state index is 13.3. The Balaban J connectivity index is 1.53. The molecular weight excluding hydrogens is 447 g/mol. The van der Waals surface area contributed by atoms with Crippen molar-refractivity contribution in [1.82, 2.24) is 20.6 Å². The molecule has 2 aromatic heterocycles. The van der Waals surface area contributed by atoms with Crippen LogP contribution in [0.5, 0.6) is 0 Å². The Hall–Kier alpha value is -2.97. The molecule has 0 aliphatic heterocycles. The lowest BCUT2D eigenvalue weighted by atomic mass is 9.85. The molecule has 1 saturated carbocycles. The maximum Gasteiger partial charge on any atom is 0.268 e. The zero-order valence-electron chi connectivity index (χ0n) is 18.0. The van der Waals surface area contributed by atoms with Crippen molar-refractivity contribution in [3.05, 3.63) is 64.8 Å². The number of aliphatic hydroxyl groups is 1. The van der Waals surface area contributed by atoms with Gasteiger partial charge in [0.25, 0.3) is 5.91 Å². The SMILES string of the molecule is O=C(N[C@@H](Cc1ccc(F)cc1)C(=O)N[C@H]1CCCC[C@H]1CO)c1cc2cc(Cl)ncc2[nH]1. The van der Waals surface area contributed by atoms with Crippen LogP contribution in [0.1, 0.15) is 41.7 Å². The Kier molecular flexibility index (Phi) is 7.25. The lowest BCUT2D eigenvalue weighted by Gasteiger charge is -2.32. The van der Waals surface area contributed by atoms with Gasteiger partial charge < -0.3 is 20.7 Å². The first kappa shape index (κ1) is 23.2. The van der Waals surface area contributed by atoms with Gasteiger partial charge in [0.1, 0.15) is 22.7 Å². The van der Waals surface area contributed by atoms with Crippen molar-refractivity contribution in [2.24, 2.45) is 5.92 Å². The first-order valence-corrected chi connectivity index (χ1v) is 11.4. The molecule has 7 nitrogen and oxygen atoms in total. The number of halogens is 2. The predicted molar refractivity (Wildman–Crippen MR) is 123 cm³/mol. The minimum absolute atomic E-state index is 0.00386. The highest BCUT2D eigenvalue weighted by Gasteiger charge is 2.30. The molecular formula is C24H26ClFN4O3. The van der Waals surface area contributed by atoms with E-state index in [1.165, 1.54) is 18.3 Å². The van der Waals surface area contributed by atoms with Crippen molar-refractivity contribution in [1.29, 1.82) is 0 Å². The van der Waals surface area contributed by atoms with Crippen LogP contribution in [0.15, 0.2) is 42.6 Å². The molecule has 4 N–H and O–H groups in total. The molecule has 1 fully saturated rings. The second-order valence-electron chi connectivity index (χ2n) is 8.48. The van der Waals surface area contributed by atoms with Crippen LogP contribution in [-0.4, -0.2) is 45.6 Å². The van der Waals surface area contributed by atoms with E-state index in [-0.39, 0.29) is 42.4 Å². The fourth-order valence-electron chi connectivity index (χ4n) is 4.33. The highest BCUT2D eigenvalue weighted by Crippen LogP contribution is 2.24. The Bertz CT molecular complexity index is 1130. The number of benzene rings is 1. The zero-order chi connectivity index (χ0) is 23.4. The molecule has 0 spiro atoms. The average Bonchev–Trinajstić information content (AvgIpc) is 3.23. The molecule has 1 aliphatic rings. The third-order valence-corrected chi connectivity index (χ3v) is 6.37. The number of hydrogen-bond donors (Lipinski definition) is 4. The number of aromatic amines is 1. The molecule has 2 amide bonds. The van der Waals surface area contributed by atoms with E-state index in [4.69, 9.17) is 11.6 Å². The Morgan fingerprint density at radius 3 is 2.73 bits per heavy atom. The van der Waals surface area contributed by atoms with E-state index in [2.05, 4.69) is 20.6 Å². The van der Waals surface area contributed by atoms with Crippen LogP contribution in [0.3, 0.4) is 0 Å². The van der Waals surface area contributed by atoms with Gasteiger partial charge in [-0.15, -0.1) is 0 Å². The smallest absolute Gasteiger partial charge is 0.268 e. The van der Waals surface area contributed by atoms with Gasteiger partial charge in [0.15, 0.2) is 0 Å². The summed E-state index contributed by atoms with van der Waals surface area (Å²) in [4.78, 5) is 33.2. The lowest BCUT2D eigenvalue weighted by molar-refractivity contribution is -0.124. The molecule has 3 atom stereocenters. The summed E-state index contributed by atoms with van der Waals surface area (Å²) in [7, 11) is 0. The second kappa shape index (κ2) is 10.3. The van der Waals surface area contributed by atoms with Gasteiger partial charge in [-0.3, -0.25) is 9.59 Å². The van der Waals surface area contributed by atoms with Crippen LogP contribution in [0.25, 0.3) is 10.9 Å². The van der Waals surface area contributed by atoms with Crippen molar-refractivity contribution < 1.29 is 19.1 Å². The largest absolute Gasteiger partial charge is 0.396 e. The molecule has 33 heavy (non-hydrogen) atoms. The van der Waals surface area contributed by atoms with Gasteiger partial charge in [0.2, 0.25) is 5.91 Å². The second-order valence-corrected chi connectivity index (χ2v) is 8.86. The van der Waals surface area contributed by atoms with Crippen LogP contribution in [0.2, 0.25) is 5.15 Å². The molecule has 0 saturated heterocycles. The van der Waals surface area contributed by atoms with Crippen molar-refractivity contribution in [2.75, 3.05) is 6.61 Å². The number of aliphatic hydroxyl groups excluding tert-OH is 1. The van der Waals surface area contributed by atoms with E-state index in [0.29, 0.717) is 16.2 Å². The average molecular weight is 473 g/mol. The molecule has 0 radical (unpaired) electrons. The minimum Gasteiger partial charge on any atom is -0.396 e. The number of fused-ring (bicyclic) bond motifs is 1. The molecule has 1 aliphatic carbocycles. The Morgan fingerprint density at radius 2 is 1.97 bits per heavy atom. The van der Waals surface area contributed by atoms with Gasteiger partial charge in [-0.25, -0.2) is 9.37 Å². The highest BCUT2D eigenvalue weighted by atomic mass is 35.5. The summed E-state index contributed by atoms with van der Waals surface area (Å²) in [5, 5.41) is 16.5. The summed E-state index contributed by atoms with van der Waals surface area (Å²) in [5.74, 6) is -1.16. The number of carbonyl (C=O) groups is 2. The third-order valence-electron chi connectivity index (χ3n) is 6.16. The van der Waals surface area contributed by atoms with E-state index in [9.17, 15) is 19.1 Å². The third kappa shape index (κ3) is 5.69. The fraction of sp³-hybridized carbons (Fsp3) is 0.375. The van der Waals surface area contributed by atoms with Gasteiger partial charge in [-0.1, -0.05) is 36.6 Å². The number of hydrogen-bond acceptors (Lipinski definition) is 4. The van der Waals surface area contributed by atoms with Crippen LogP contribution >= 0.6 is 11.6 Å². The number of rotatable bonds is 7. The quantitative estimate of drug-likeness (QED) is 0.395. The van der Waals surface area contributed by atoms with E-state index in [0.717, 1.165) is 31.1 Å². The summed E-state index contributed by atoms with van der Waals surface area (Å²) in [6.45, 7) is 0.00555. The number of carbonyl (C=O) groups excluding carboxylic acids is 2. The number of amides is 2. The summed E-state index contributed by atoms with van der Waals surface area (Å²) in [6, 6.07) is 8.10. The standard InChI is InChI=1S/C24H26ClFN4O3/c25-22-11-16-10-20(28-21(16)12-27-22)24(33)30-19(9-14-5-7-17(26)8-6-14)23(32)29-18-4-2-1-3-15(18)13-31/h5-8,10-12,15,18-19,28,31H,1-4,9,13H2,(H,29,32)(H,30,33)/t15-,18-,19-/m0/s1. The van der Waals surface area contributed by atoms with Crippen LogP contribution in [0.4, 0.5) is 4.39 Å². The van der Waals surface area contributed by atoms with E-state index in [1.807, 2.05) is 0 Å². The summed E-state index contributed by atoms with van der Waals surface area (Å²) in [5.41, 5.74) is 1.64. The van der Waals surface area contributed by atoms with Gasteiger partial charge >= 0.3 is 0 Å².